The lowest BCUT2D eigenvalue weighted by Crippen LogP contribution is -2.31. The Hall–Kier alpha value is -0.0000000000000000555. The quantitative estimate of drug-likeness (QED) is 0.712. The summed E-state index contributed by atoms with van der Waals surface area (Å²) >= 11 is 1.64. The molecule has 0 bridgehead atoms. The Morgan fingerprint density at radius 2 is 2.23 bits per heavy atom. The first kappa shape index (κ1) is 9.55. The highest BCUT2D eigenvalue weighted by atomic mass is 32.2. The summed E-state index contributed by atoms with van der Waals surface area (Å²) < 4.78 is 25.1. The van der Waals surface area contributed by atoms with Crippen molar-refractivity contribution in [3.8, 4) is 0 Å². The van der Waals surface area contributed by atoms with Crippen molar-refractivity contribution in [1.82, 2.24) is 4.31 Å². The summed E-state index contributed by atoms with van der Waals surface area (Å²) in [5.74, 6) is 0. The third-order valence-corrected chi connectivity index (χ3v) is 5.55. The van der Waals surface area contributed by atoms with Crippen LogP contribution in [-0.4, -0.2) is 37.3 Å². The fraction of sp³-hybridized carbons (Fsp3) is 0.750. The molecule has 0 atom stereocenters. The molecule has 0 spiro atoms. The van der Waals surface area contributed by atoms with Crippen LogP contribution in [0.4, 0.5) is 0 Å². The van der Waals surface area contributed by atoms with E-state index < -0.39 is 10.0 Å². The van der Waals surface area contributed by atoms with Gasteiger partial charge in [0.05, 0.1) is 5.25 Å². The van der Waals surface area contributed by atoms with Gasteiger partial charge in [0.25, 0.3) is 0 Å². The summed E-state index contributed by atoms with van der Waals surface area (Å²) in [6, 6.07) is 0. The van der Waals surface area contributed by atoms with E-state index in [1.54, 1.807) is 16.1 Å². The van der Waals surface area contributed by atoms with Crippen molar-refractivity contribution in [2.45, 2.75) is 18.1 Å². The summed E-state index contributed by atoms with van der Waals surface area (Å²) in [7, 11) is -2.94. The highest BCUT2D eigenvalue weighted by molar-refractivity contribution is 8.02. The number of hydrogen-bond donors (Lipinski definition) is 0. The van der Waals surface area contributed by atoms with Crippen LogP contribution in [0.15, 0.2) is 11.0 Å². The standard InChI is InChI=1S/C8H13NO2S2/c1-12-7-4-5-9(6-7)13(10,11)8-2-3-8/h4,8H,2-3,5-6H2,1H3. The van der Waals surface area contributed by atoms with E-state index in [4.69, 9.17) is 0 Å². The van der Waals surface area contributed by atoms with Gasteiger partial charge in [-0.3, -0.25) is 0 Å². The van der Waals surface area contributed by atoms with E-state index >= 15 is 0 Å². The van der Waals surface area contributed by atoms with E-state index in [2.05, 4.69) is 0 Å². The van der Waals surface area contributed by atoms with Crippen LogP contribution in [0.1, 0.15) is 12.8 Å². The van der Waals surface area contributed by atoms with Crippen molar-refractivity contribution in [1.29, 1.82) is 0 Å². The Bertz CT molecular complexity index is 330. The molecular formula is C8H13NO2S2. The van der Waals surface area contributed by atoms with Crippen LogP contribution in [0, 0.1) is 0 Å². The Kier molecular flexibility index (Phi) is 2.42. The van der Waals surface area contributed by atoms with Crippen molar-refractivity contribution < 1.29 is 8.42 Å². The van der Waals surface area contributed by atoms with Crippen LogP contribution >= 0.6 is 11.8 Å². The molecule has 0 N–H and O–H groups in total. The van der Waals surface area contributed by atoms with Gasteiger partial charge in [-0.2, -0.15) is 4.31 Å². The molecule has 74 valence electrons. The molecule has 3 nitrogen and oxygen atoms in total. The maximum atomic E-state index is 11.7. The van der Waals surface area contributed by atoms with E-state index in [0.29, 0.717) is 13.1 Å². The molecule has 2 rings (SSSR count). The second kappa shape index (κ2) is 3.29. The van der Waals surface area contributed by atoms with E-state index in [1.807, 2.05) is 12.3 Å². The minimum absolute atomic E-state index is 0.0675. The summed E-state index contributed by atoms with van der Waals surface area (Å²) in [5.41, 5.74) is 0. The van der Waals surface area contributed by atoms with Crippen molar-refractivity contribution in [2.24, 2.45) is 0 Å². The summed E-state index contributed by atoms with van der Waals surface area (Å²) in [6.45, 7) is 1.18. The Morgan fingerprint density at radius 3 is 2.69 bits per heavy atom. The molecule has 1 fully saturated rings. The second-order valence-corrected chi connectivity index (χ2v) is 6.56. The highest BCUT2D eigenvalue weighted by Gasteiger charge is 2.40. The molecule has 0 radical (unpaired) electrons. The van der Waals surface area contributed by atoms with Gasteiger partial charge in [-0.25, -0.2) is 8.42 Å². The molecule has 1 heterocycles. The van der Waals surface area contributed by atoms with Crippen LogP contribution in [-0.2, 0) is 10.0 Å². The van der Waals surface area contributed by atoms with Gasteiger partial charge in [-0.1, -0.05) is 6.08 Å². The van der Waals surface area contributed by atoms with Crippen molar-refractivity contribution in [3.63, 3.8) is 0 Å². The predicted molar refractivity (Wildman–Crippen MR) is 55.1 cm³/mol. The molecule has 13 heavy (non-hydrogen) atoms. The Labute approximate surface area is 83.2 Å². The molecule has 2 aliphatic rings. The van der Waals surface area contributed by atoms with Gasteiger partial charge in [0.1, 0.15) is 0 Å². The van der Waals surface area contributed by atoms with Crippen molar-refractivity contribution in [3.05, 3.63) is 11.0 Å². The lowest BCUT2D eigenvalue weighted by Gasteiger charge is -2.15. The topological polar surface area (TPSA) is 37.4 Å². The number of rotatable bonds is 3. The van der Waals surface area contributed by atoms with E-state index in [1.165, 1.54) is 4.91 Å². The average Bonchev–Trinajstić information content (AvgIpc) is 2.84. The van der Waals surface area contributed by atoms with Gasteiger partial charge in [-0.15, -0.1) is 11.8 Å². The average molecular weight is 219 g/mol. The smallest absolute Gasteiger partial charge is 0.212 e. The third-order valence-electron chi connectivity index (χ3n) is 2.42. The van der Waals surface area contributed by atoms with Crippen LogP contribution in [0.3, 0.4) is 0 Å². The van der Waals surface area contributed by atoms with Gasteiger partial charge in [0, 0.05) is 13.1 Å². The minimum atomic E-state index is -2.94. The second-order valence-electron chi connectivity index (χ2n) is 3.41. The maximum Gasteiger partial charge on any atom is 0.217 e. The first-order chi connectivity index (χ1) is 6.14. The van der Waals surface area contributed by atoms with Crippen LogP contribution in [0.25, 0.3) is 0 Å². The zero-order chi connectivity index (χ0) is 9.47. The third kappa shape index (κ3) is 1.78. The van der Waals surface area contributed by atoms with Crippen molar-refractivity contribution >= 4 is 21.8 Å². The molecule has 0 aromatic carbocycles. The minimum Gasteiger partial charge on any atom is -0.212 e. The molecule has 0 saturated heterocycles. The van der Waals surface area contributed by atoms with Crippen LogP contribution < -0.4 is 0 Å². The monoisotopic (exact) mass is 219 g/mol. The van der Waals surface area contributed by atoms with E-state index in [-0.39, 0.29) is 5.25 Å². The molecule has 1 aliphatic heterocycles. The number of sulfonamides is 1. The molecule has 5 heteroatoms. The molecular weight excluding hydrogens is 206 g/mol. The molecule has 0 aromatic heterocycles. The Morgan fingerprint density at radius 1 is 1.54 bits per heavy atom. The molecule has 1 aliphatic carbocycles. The first-order valence-corrected chi connectivity index (χ1v) is 7.09. The van der Waals surface area contributed by atoms with Gasteiger partial charge in [0.2, 0.25) is 10.0 Å². The molecule has 0 amide bonds. The first-order valence-electron chi connectivity index (χ1n) is 4.36. The van der Waals surface area contributed by atoms with Crippen LogP contribution in [0.2, 0.25) is 0 Å². The number of thioether (sulfide) groups is 1. The zero-order valence-electron chi connectivity index (χ0n) is 7.56. The molecule has 1 saturated carbocycles. The number of hydrogen-bond acceptors (Lipinski definition) is 3. The number of nitrogens with zero attached hydrogens (tertiary/aromatic N) is 1. The largest absolute Gasteiger partial charge is 0.217 e. The van der Waals surface area contributed by atoms with E-state index in [9.17, 15) is 8.42 Å². The van der Waals surface area contributed by atoms with Gasteiger partial charge < -0.3 is 0 Å². The molecule has 0 aromatic rings. The van der Waals surface area contributed by atoms with Crippen molar-refractivity contribution in [2.75, 3.05) is 19.3 Å². The molecule has 0 unspecified atom stereocenters. The summed E-state index contributed by atoms with van der Waals surface area (Å²) in [6.07, 6.45) is 5.70. The maximum absolute atomic E-state index is 11.7. The van der Waals surface area contributed by atoms with Gasteiger partial charge in [0.15, 0.2) is 0 Å². The van der Waals surface area contributed by atoms with Gasteiger partial charge >= 0.3 is 0 Å². The lowest BCUT2D eigenvalue weighted by molar-refractivity contribution is 0.486. The predicted octanol–water partition coefficient (Wildman–Crippen LogP) is 1.04. The lowest BCUT2D eigenvalue weighted by atomic mass is 10.6. The van der Waals surface area contributed by atoms with E-state index in [0.717, 1.165) is 12.8 Å². The zero-order valence-corrected chi connectivity index (χ0v) is 9.20. The summed E-state index contributed by atoms with van der Waals surface area (Å²) in [5, 5.41) is -0.0675. The summed E-state index contributed by atoms with van der Waals surface area (Å²) in [4.78, 5) is 1.17. The fourth-order valence-corrected chi connectivity index (χ4v) is 3.79. The Balaban J connectivity index is 2.05. The SMILES string of the molecule is CSC1=CCN(S(=O)(=O)C2CC2)C1. The normalized spacial score (nSPS) is 24.8. The fourth-order valence-electron chi connectivity index (χ4n) is 1.43. The van der Waals surface area contributed by atoms with Crippen LogP contribution in [0.5, 0.6) is 0 Å². The highest BCUT2D eigenvalue weighted by Crippen LogP contribution is 2.33. The van der Waals surface area contributed by atoms with Gasteiger partial charge in [-0.05, 0) is 24.0 Å².